The quantitative estimate of drug-likeness (QED) is 0.464. The van der Waals surface area contributed by atoms with Gasteiger partial charge in [-0.3, -0.25) is 9.36 Å². The smallest absolute Gasteiger partial charge is 0.238 e. The SMILES string of the molecule is Cc1cc(NC(=O)[C@@H](C)Sc2nnc(-c3c[nH]c4ccccc34)n2C2CC2)no1. The number of aromatic amines is 1. The number of thioether (sulfide) groups is 1. The molecule has 2 N–H and O–H groups in total. The molecule has 9 heteroatoms. The van der Waals surface area contributed by atoms with E-state index >= 15 is 0 Å². The van der Waals surface area contributed by atoms with Crippen LogP contribution in [0.3, 0.4) is 0 Å². The van der Waals surface area contributed by atoms with Gasteiger partial charge in [0.15, 0.2) is 16.8 Å². The second-order valence-corrected chi connectivity index (χ2v) is 8.54. The Morgan fingerprint density at radius 2 is 2.17 bits per heavy atom. The van der Waals surface area contributed by atoms with Crippen molar-refractivity contribution < 1.29 is 9.32 Å². The largest absolute Gasteiger partial charge is 0.360 e. The fraction of sp³-hybridized carbons (Fsp3) is 0.300. The highest BCUT2D eigenvalue weighted by Gasteiger charge is 2.32. The number of H-pyrrole nitrogens is 1. The van der Waals surface area contributed by atoms with Gasteiger partial charge >= 0.3 is 0 Å². The number of hydrogen-bond acceptors (Lipinski definition) is 6. The fourth-order valence-electron chi connectivity index (χ4n) is 3.32. The Hall–Kier alpha value is -3.07. The van der Waals surface area contributed by atoms with Gasteiger partial charge in [0.2, 0.25) is 5.91 Å². The van der Waals surface area contributed by atoms with E-state index in [0.29, 0.717) is 17.6 Å². The molecule has 0 saturated heterocycles. The Kier molecular flexibility index (Phi) is 4.39. The Morgan fingerprint density at radius 3 is 2.93 bits per heavy atom. The summed E-state index contributed by atoms with van der Waals surface area (Å²) in [6, 6.07) is 10.2. The third kappa shape index (κ3) is 3.42. The lowest BCUT2D eigenvalue weighted by Gasteiger charge is -2.12. The molecule has 3 heterocycles. The fourth-order valence-corrected chi connectivity index (χ4v) is 4.24. The number of fused-ring (bicyclic) bond motifs is 1. The molecule has 0 unspecified atom stereocenters. The zero-order valence-corrected chi connectivity index (χ0v) is 16.9. The Bertz CT molecular complexity index is 1190. The van der Waals surface area contributed by atoms with E-state index in [1.165, 1.54) is 11.8 Å². The average molecular weight is 408 g/mol. The van der Waals surface area contributed by atoms with Crippen LogP contribution in [0.25, 0.3) is 22.3 Å². The lowest BCUT2D eigenvalue weighted by Crippen LogP contribution is -2.23. The topological polar surface area (TPSA) is 102 Å². The summed E-state index contributed by atoms with van der Waals surface area (Å²) in [6.07, 6.45) is 4.17. The summed E-state index contributed by atoms with van der Waals surface area (Å²) in [5.74, 6) is 1.76. The average Bonchev–Trinajstić information content (AvgIpc) is 3.12. The van der Waals surface area contributed by atoms with Crippen molar-refractivity contribution in [2.45, 2.75) is 43.1 Å². The molecule has 1 saturated carbocycles. The van der Waals surface area contributed by atoms with E-state index in [9.17, 15) is 4.79 Å². The van der Waals surface area contributed by atoms with Gasteiger partial charge in [-0.1, -0.05) is 35.1 Å². The highest BCUT2D eigenvalue weighted by Crippen LogP contribution is 2.42. The normalized spacial score (nSPS) is 15.0. The van der Waals surface area contributed by atoms with Crippen molar-refractivity contribution in [1.82, 2.24) is 24.9 Å². The highest BCUT2D eigenvalue weighted by atomic mass is 32.2. The van der Waals surface area contributed by atoms with Gasteiger partial charge in [-0.15, -0.1) is 10.2 Å². The number of benzene rings is 1. The van der Waals surface area contributed by atoms with E-state index in [1.807, 2.05) is 31.3 Å². The summed E-state index contributed by atoms with van der Waals surface area (Å²) in [4.78, 5) is 15.9. The molecule has 1 aliphatic rings. The van der Waals surface area contributed by atoms with Gasteiger partial charge in [0.25, 0.3) is 0 Å². The number of anilines is 1. The molecule has 4 aromatic rings. The predicted molar refractivity (Wildman–Crippen MR) is 111 cm³/mol. The first-order valence-electron chi connectivity index (χ1n) is 9.52. The van der Waals surface area contributed by atoms with Crippen molar-refractivity contribution in [3.8, 4) is 11.4 Å². The van der Waals surface area contributed by atoms with Crippen LogP contribution in [-0.4, -0.2) is 36.1 Å². The van der Waals surface area contributed by atoms with Crippen LogP contribution in [0.1, 0.15) is 31.6 Å². The molecule has 1 aromatic carbocycles. The van der Waals surface area contributed by atoms with E-state index in [1.54, 1.807) is 13.0 Å². The number of nitrogens with zero attached hydrogens (tertiary/aromatic N) is 4. The van der Waals surface area contributed by atoms with Crippen LogP contribution in [0.4, 0.5) is 5.82 Å². The van der Waals surface area contributed by atoms with Gasteiger partial charge < -0.3 is 14.8 Å². The lowest BCUT2D eigenvalue weighted by molar-refractivity contribution is -0.115. The van der Waals surface area contributed by atoms with Gasteiger partial charge in [-0.2, -0.15) is 0 Å². The summed E-state index contributed by atoms with van der Waals surface area (Å²) < 4.78 is 7.17. The van der Waals surface area contributed by atoms with Crippen LogP contribution in [0, 0.1) is 6.92 Å². The van der Waals surface area contributed by atoms with Crippen LogP contribution >= 0.6 is 11.8 Å². The minimum absolute atomic E-state index is 0.151. The Morgan fingerprint density at radius 1 is 1.34 bits per heavy atom. The Balaban J connectivity index is 1.42. The van der Waals surface area contributed by atoms with Gasteiger partial charge in [-0.25, -0.2) is 0 Å². The number of hydrogen-bond donors (Lipinski definition) is 2. The number of aromatic nitrogens is 5. The molecular weight excluding hydrogens is 388 g/mol. The summed E-state index contributed by atoms with van der Waals surface area (Å²) in [6.45, 7) is 3.63. The molecule has 29 heavy (non-hydrogen) atoms. The monoisotopic (exact) mass is 408 g/mol. The number of para-hydroxylation sites is 1. The zero-order valence-electron chi connectivity index (χ0n) is 16.0. The predicted octanol–water partition coefficient (Wildman–Crippen LogP) is 4.18. The molecule has 148 valence electrons. The third-order valence-electron chi connectivity index (χ3n) is 4.94. The summed E-state index contributed by atoms with van der Waals surface area (Å²) in [5.41, 5.74) is 2.10. The molecule has 1 amide bonds. The number of carbonyl (C=O) groups excluding carboxylic acids is 1. The first kappa shape index (κ1) is 18.0. The number of aryl methyl sites for hydroxylation is 1. The van der Waals surface area contributed by atoms with Crippen molar-refractivity contribution in [2.75, 3.05) is 5.32 Å². The number of amides is 1. The second kappa shape index (κ2) is 7.07. The molecule has 1 fully saturated rings. The maximum Gasteiger partial charge on any atom is 0.238 e. The van der Waals surface area contributed by atoms with Crippen molar-refractivity contribution in [3.05, 3.63) is 42.3 Å². The van der Waals surface area contributed by atoms with Crippen LogP contribution < -0.4 is 5.32 Å². The summed E-state index contributed by atoms with van der Waals surface area (Å²) in [5, 5.41) is 17.0. The van der Waals surface area contributed by atoms with Gasteiger partial charge in [0.1, 0.15) is 5.76 Å². The number of rotatable bonds is 6. The van der Waals surface area contributed by atoms with E-state index < -0.39 is 0 Å². The first-order chi connectivity index (χ1) is 14.1. The molecule has 0 bridgehead atoms. The van der Waals surface area contributed by atoms with Crippen LogP contribution in [0.2, 0.25) is 0 Å². The molecule has 8 nitrogen and oxygen atoms in total. The van der Waals surface area contributed by atoms with Crippen molar-refractivity contribution in [1.29, 1.82) is 0 Å². The van der Waals surface area contributed by atoms with Crippen molar-refractivity contribution >= 4 is 34.4 Å². The van der Waals surface area contributed by atoms with Gasteiger partial charge in [0, 0.05) is 34.8 Å². The second-order valence-electron chi connectivity index (χ2n) is 7.23. The molecule has 1 atom stereocenters. The van der Waals surface area contributed by atoms with Crippen molar-refractivity contribution in [3.63, 3.8) is 0 Å². The molecule has 1 aliphatic carbocycles. The van der Waals surface area contributed by atoms with E-state index in [0.717, 1.165) is 40.3 Å². The molecule has 5 rings (SSSR count). The highest BCUT2D eigenvalue weighted by molar-refractivity contribution is 8.00. The lowest BCUT2D eigenvalue weighted by atomic mass is 10.1. The zero-order chi connectivity index (χ0) is 20.0. The minimum Gasteiger partial charge on any atom is -0.360 e. The number of carbonyl (C=O) groups is 1. The standard InChI is InChI=1S/C20H20N6O2S/c1-11-9-17(25-28-11)22-19(27)12(2)29-20-24-23-18(26(20)13-7-8-13)15-10-21-16-6-4-3-5-14(15)16/h3-6,9-10,12-13,21H,7-8H2,1-2H3,(H,22,25,27)/t12-/m1/s1. The van der Waals surface area contributed by atoms with E-state index in [4.69, 9.17) is 4.52 Å². The first-order valence-corrected chi connectivity index (χ1v) is 10.4. The van der Waals surface area contributed by atoms with Crippen LogP contribution in [0.5, 0.6) is 0 Å². The van der Waals surface area contributed by atoms with E-state index in [2.05, 4.69) is 36.3 Å². The maximum absolute atomic E-state index is 12.6. The minimum atomic E-state index is -0.357. The van der Waals surface area contributed by atoms with Gasteiger partial charge in [0.05, 0.1) is 5.25 Å². The number of nitrogens with one attached hydrogen (secondary N) is 2. The Labute approximate surface area is 171 Å². The molecule has 0 spiro atoms. The molecular formula is C20H20N6O2S. The van der Waals surface area contributed by atoms with Crippen LogP contribution in [0.15, 0.2) is 46.2 Å². The molecule has 0 aliphatic heterocycles. The molecule has 0 radical (unpaired) electrons. The van der Waals surface area contributed by atoms with E-state index in [-0.39, 0.29) is 11.2 Å². The van der Waals surface area contributed by atoms with Crippen LogP contribution in [-0.2, 0) is 4.79 Å². The third-order valence-corrected chi connectivity index (χ3v) is 5.99. The van der Waals surface area contributed by atoms with Gasteiger partial charge in [-0.05, 0) is 32.8 Å². The van der Waals surface area contributed by atoms with Crippen molar-refractivity contribution in [2.24, 2.45) is 0 Å². The molecule has 3 aromatic heterocycles. The summed E-state index contributed by atoms with van der Waals surface area (Å²) >= 11 is 1.40. The summed E-state index contributed by atoms with van der Waals surface area (Å²) in [7, 11) is 0. The maximum atomic E-state index is 12.6.